The molecule has 3 aliphatic heterocycles. The molecule has 4 nitrogen and oxygen atoms in total. The second-order valence-corrected chi connectivity index (χ2v) is 3.70. The fraction of sp³-hybridized carbons (Fsp3) is 0.556. The molecule has 13 heavy (non-hydrogen) atoms. The van der Waals surface area contributed by atoms with Crippen molar-refractivity contribution in [2.24, 2.45) is 11.8 Å². The first-order valence-electron chi connectivity index (χ1n) is 4.26. The Kier molecular flexibility index (Phi) is 1.12. The summed E-state index contributed by atoms with van der Waals surface area (Å²) in [7, 11) is 0. The Morgan fingerprint density at radius 3 is 3.23 bits per heavy atom. The van der Waals surface area contributed by atoms with Crippen LogP contribution in [0.2, 0.25) is 0 Å². The minimum atomic E-state index is -0.618. The van der Waals surface area contributed by atoms with E-state index in [0.29, 0.717) is 0 Å². The van der Waals surface area contributed by atoms with Gasteiger partial charge < -0.3 is 14.3 Å². The minimum absolute atomic E-state index is 0.213. The quantitative estimate of drug-likeness (QED) is 0.315. The van der Waals surface area contributed by atoms with Crippen LogP contribution < -0.4 is 0 Å². The van der Waals surface area contributed by atoms with Gasteiger partial charge >= 0.3 is 5.97 Å². The topological polar surface area (TPSA) is 52.6 Å². The van der Waals surface area contributed by atoms with E-state index in [1.165, 1.54) is 0 Å². The Hall–Kier alpha value is -1.16. The Balaban J connectivity index is 2.10. The minimum Gasteiger partial charge on any atom is -0.462 e. The van der Waals surface area contributed by atoms with Gasteiger partial charge in [-0.3, -0.25) is 4.79 Å². The maximum atomic E-state index is 11.3. The van der Waals surface area contributed by atoms with Gasteiger partial charge in [0.1, 0.15) is 24.4 Å². The predicted molar refractivity (Wildman–Crippen MR) is 40.7 cm³/mol. The lowest BCUT2D eigenvalue weighted by atomic mass is 9.78. The standard InChI is InChI=1S/C9H8O4/c10-3-5-6-1-2-9(13-6)4-12-8(11)7(5)9/h1-3,5-7H,4H2/t5?,6-,7?,9-/m1/s1. The van der Waals surface area contributed by atoms with Crippen LogP contribution in [0.3, 0.4) is 0 Å². The molecule has 2 fully saturated rings. The van der Waals surface area contributed by atoms with Crippen LogP contribution in [0.5, 0.6) is 0 Å². The molecular formula is C9H8O4. The van der Waals surface area contributed by atoms with E-state index in [1.807, 2.05) is 12.2 Å². The number of cyclic esters (lactones) is 1. The van der Waals surface area contributed by atoms with Gasteiger partial charge in [0.05, 0.1) is 12.0 Å². The molecule has 0 saturated carbocycles. The van der Waals surface area contributed by atoms with Crippen molar-refractivity contribution < 1.29 is 19.1 Å². The number of esters is 1. The molecule has 4 heteroatoms. The summed E-state index contributed by atoms with van der Waals surface area (Å²) in [5.74, 6) is -1.05. The van der Waals surface area contributed by atoms with E-state index in [2.05, 4.69) is 0 Å². The van der Waals surface area contributed by atoms with Crippen molar-refractivity contribution in [3.8, 4) is 0 Å². The SMILES string of the molecule is O=CC1C2C(=O)OC[C@]23C=C[C@H]1O3. The maximum Gasteiger partial charge on any atom is 0.313 e. The summed E-state index contributed by atoms with van der Waals surface area (Å²) < 4.78 is 10.5. The molecule has 0 N–H and O–H groups in total. The van der Waals surface area contributed by atoms with Crippen LogP contribution in [0.15, 0.2) is 12.2 Å². The van der Waals surface area contributed by atoms with E-state index >= 15 is 0 Å². The molecule has 1 spiro atoms. The summed E-state index contributed by atoms with van der Waals surface area (Å²) >= 11 is 0. The first kappa shape index (κ1) is 7.26. The normalized spacial score (nSPS) is 50.8. The highest BCUT2D eigenvalue weighted by atomic mass is 16.6. The monoisotopic (exact) mass is 180 g/mol. The lowest BCUT2D eigenvalue weighted by Gasteiger charge is -2.18. The second kappa shape index (κ2) is 2.01. The zero-order valence-corrected chi connectivity index (χ0v) is 6.80. The van der Waals surface area contributed by atoms with Crippen LogP contribution in [0.1, 0.15) is 0 Å². The summed E-state index contributed by atoms with van der Waals surface area (Å²) in [5, 5.41) is 0. The molecule has 2 bridgehead atoms. The molecule has 68 valence electrons. The summed E-state index contributed by atoms with van der Waals surface area (Å²) in [6, 6.07) is 0. The molecular weight excluding hydrogens is 172 g/mol. The van der Waals surface area contributed by atoms with E-state index in [9.17, 15) is 9.59 Å². The van der Waals surface area contributed by atoms with Gasteiger partial charge in [0.2, 0.25) is 0 Å². The maximum absolute atomic E-state index is 11.3. The Bertz CT molecular complexity index is 322. The number of carbonyl (C=O) groups excluding carboxylic acids is 2. The molecule has 0 aromatic carbocycles. The van der Waals surface area contributed by atoms with Crippen LogP contribution >= 0.6 is 0 Å². The molecule has 4 atom stereocenters. The number of fused-ring (bicyclic) bond motifs is 1. The van der Waals surface area contributed by atoms with E-state index in [4.69, 9.17) is 9.47 Å². The van der Waals surface area contributed by atoms with Crippen molar-refractivity contribution in [1.29, 1.82) is 0 Å². The molecule has 2 unspecified atom stereocenters. The number of hydrogen-bond acceptors (Lipinski definition) is 4. The molecule has 0 amide bonds. The second-order valence-electron chi connectivity index (χ2n) is 3.70. The molecule has 0 aromatic heterocycles. The van der Waals surface area contributed by atoms with Gasteiger partial charge in [-0.25, -0.2) is 0 Å². The third-order valence-electron chi connectivity index (χ3n) is 3.07. The van der Waals surface area contributed by atoms with Gasteiger partial charge in [0, 0.05) is 0 Å². The smallest absolute Gasteiger partial charge is 0.313 e. The highest BCUT2D eigenvalue weighted by Gasteiger charge is 2.64. The molecule has 0 radical (unpaired) electrons. The fourth-order valence-electron chi connectivity index (χ4n) is 2.45. The van der Waals surface area contributed by atoms with Gasteiger partial charge in [-0.15, -0.1) is 0 Å². The molecule has 3 rings (SSSR count). The van der Waals surface area contributed by atoms with E-state index in [-0.39, 0.29) is 24.6 Å². The highest BCUT2D eigenvalue weighted by Crippen LogP contribution is 2.50. The molecule has 3 heterocycles. The molecule has 3 aliphatic rings. The first-order chi connectivity index (χ1) is 6.27. The van der Waals surface area contributed by atoms with Crippen molar-refractivity contribution in [1.82, 2.24) is 0 Å². The summed E-state index contributed by atoms with van der Waals surface area (Å²) in [6.45, 7) is 0.258. The summed E-state index contributed by atoms with van der Waals surface area (Å²) in [6.07, 6.45) is 4.29. The van der Waals surface area contributed by atoms with Gasteiger partial charge in [-0.2, -0.15) is 0 Å². The summed E-state index contributed by atoms with van der Waals surface area (Å²) in [5.41, 5.74) is -0.618. The number of carbonyl (C=O) groups is 2. The van der Waals surface area contributed by atoms with Gasteiger partial charge in [-0.05, 0) is 6.08 Å². The van der Waals surface area contributed by atoms with Crippen molar-refractivity contribution in [2.75, 3.05) is 6.61 Å². The van der Waals surface area contributed by atoms with Crippen LogP contribution in [0.25, 0.3) is 0 Å². The van der Waals surface area contributed by atoms with E-state index in [0.717, 1.165) is 6.29 Å². The van der Waals surface area contributed by atoms with Crippen LogP contribution in [0, 0.1) is 11.8 Å². The molecule has 0 aromatic rings. The number of aldehydes is 1. The fourth-order valence-corrected chi connectivity index (χ4v) is 2.45. The van der Waals surface area contributed by atoms with Crippen molar-refractivity contribution >= 4 is 12.3 Å². The zero-order valence-electron chi connectivity index (χ0n) is 6.80. The van der Waals surface area contributed by atoms with Crippen LogP contribution in [-0.4, -0.2) is 30.6 Å². The van der Waals surface area contributed by atoms with Crippen LogP contribution in [-0.2, 0) is 19.1 Å². The zero-order chi connectivity index (χ0) is 9.05. The number of hydrogen-bond donors (Lipinski definition) is 0. The Morgan fingerprint density at radius 1 is 1.62 bits per heavy atom. The van der Waals surface area contributed by atoms with Gasteiger partial charge in [0.15, 0.2) is 0 Å². The third kappa shape index (κ3) is 0.659. The van der Waals surface area contributed by atoms with Crippen molar-refractivity contribution in [2.45, 2.75) is 11.7 Å². The highest BCUT2D eigenvalue weighted by molar-refractivity contribution is 5.83. The van der Waals surface area contributed by atoms with Crippen molar-refractivity contribution in [3.63, 3.8) is 0 Å². The average molecular weight is 180 g/mol. The lowest BCUT2D eigenvalue weighted by molar-refractivity contribution is -0.143. The lowest BCUT2D eigenvalue weighted by Crippen LogP contribution is -2.36. The number of rotatable bonds is 1. The van der Waals surface area contributed by atoms with E-state index < -0.39 is 11.5 Å². The molecule has 2 saturated heterocycles. The van der Waals surface area contributed by atoms with Gasteiger partial charge in [-0.1, -0.05) is 6.08 Å². The Labute approximate surface area is 74.5 Å². The predicted octanol–water partition coefficient (Wildman–Crippen LogP) is -0.318. The van der Waals surface area contributed by atoms with E-state index in [1.54, 1.807) is 0 Å². The average Bonchev–Trinajstić information content (AvgIpc) is 2.76. The third-order valence-corrected chi connectivity index (χ3v) is 3.07. The Morgan fingerprint density at radius 2 is 2.46 bits per heavy atom. The first-order valence-corrected chi connectivity index (χ1v) is 4.26. The number of ether oxygens (including phenoxy) is 2. The summed E-state index contributed by atoms with van der Waals surface area (Å²) in [4.78, 5) is 22.1. The van der Waals surface area contributed by atoms with Crippen LogP contribution in [0.4, 0.5) is 0 Å². The van der Waals surface area contributed by atoms with Crippen molar-refractivity contribution in [3.05, 3.63) is 12.2 Å². The van der Waals surface area contributed by atoms with Gasteiger partial charge in [0.25, 0.3) is 0 Å². The molecule has 0 aliphatic carbocycles. The largest absolute Gasteiger partial charge is 0.462 e.